The molecule has 0 spiro atoms. The van der Waals surface area contributed by atoms with Gasteiger partial charge in [-0.15, -0.1) is 11.6 Å². The monoisotopic (exact) mass is 394 g/mol. The van der Waals surface area contributed by atoms with E-state index < -0.39 is 0 Å². The molecular weight excluding hydrogens is 382 g/mol. The minimum atomic E-state index is -0.206. The Labute approximate surface area is 129 Å². The van der Waals surface area contributed by atoms with Crippen molar-refractivity contribution < 1.29 is 9.13 Å². The zero-order valence-electron chi connectivity index (χ0n) is 10.2. The number of nitrogens with zero attached hydrogens (tertiary/aromatic N) is 2. The minimum absolute atomic E-state index is 0.206. The fraction of sp³-hybridized carbons (Fsp3) is 0.462. The second-order valence-corrected chi connectivity index (χ2v) is 6.06. The Morgan fingerprint density at radius 1 is 1.42 bits per heavy atom. The Hall–Kier alpha value is -0.400. The Morgan fingerprint density at radius 3 is 2.84 bits per heavy atom. The van der Waals surface area contributed by atoms with Gasteiger partial charge < -0.3 is 9.30 Å². The van der Waals surface area contributed by atoms with Crippen LogP contribution in [0, 0.1) is 9.39 Å². The molecular formula is C13H13ClFIN2O. The fourth-order valence-corrected chi connectivity index (χ4v) is 3.22. The molecule has 19 heavy (non-hydrogen) atoms. The zero-order chi connectivity index (χ0) is 13.4. The van der Waals surface area contributed by atoms with Crippen molar-refractivity contribution in [2.24, 2.45) is 0 Å². The molecule has 3 rings (SSSR count). The van der Waals surface area contributed by atoms with Gasteiger partial charge in [0.2, 0.25) is 0 Å². The molecule has 0 bridgehead atoms. The standard InChI is InChI=1S/C13H13ClFIN2O/c14-7-13-17-11-6-10(16)9(15)5-12(11)18(13)8-1-3-19-4-2-8/h5-6,8H,1-4,7H2. The van der Waals surface area contributed by atoms with Gasteiger partial charge in [-0.25, -0.2) is 9.37 Å². The second-order valence-electron chi connectivity index (χ2n) is 4.63. The van der Waals surface area contributed by atoms with E-state index in [1.54, 1.807) is 12.1 Å². The van der Waals surface area contributed by atoms with Crippen LogP contribution < -0.4 is 0 Å². The molecule has 0 unspecified atom stereocenters. The molecule has 1 fully saturated rings. The highest BCUT2D eigenvalue weighted by Crippen LogP contribution is 2.30. The summed E-state index contributed by atoms with van der Waals surface area (Å²) in [5, 5.41) is 0. The van der Waals surface area contributed by atoms with Gasteiger partial charge in [-0.2, -0.15) is 0 Å². The number of hydrogen-bond acceptors (Lipinski definition) is 2. The third kappa shape index (κ3) is 2.48. The average molecular weight is 395 g/mol. The van der Waals surface area contributed by atoms with Gasteiger partial charge in [0, 0.05) is 25.3 Å². The van der Waals surface area contributed by atoms with Crippen LogP contribution in [0.25, 0.3) is 11.0 Å². The summed E-state index contributed by atoms with van der Waals surface area (Å²) in [5.74, 6) is 0.942. The van der Waals surface area contributed by atoms with Crippen LogP contribution in [0.3, 0.4) is 0 Å². The maximum absolute atomic E-state index is 13.8. The molecule has 102 valence electrons. The zero-order valence-corrected chi connectivity index (χ0v) is 13.1. The van der Waals surface area contributed by atoms with E-state index in [2.05, 4.69) is 9.55 Å². The van der Waals surface area contributed by atoms with Gasteiger partial charge in [0.05, 0.1) is 20.5 Å². The Balaban J connectivity index is 2.16. The van der Waals surface area contributed by atoms with Crippen LogP contribution in [0.2, 0.25) is 0 Å². The van der Waals surface area contributed by atoms with Gasteiger partial charge >= 0.3 is 0 Å². The summed E-state index contributed by atoms with van der Waals surface area (Å²) in [5.41, 5.74) is 1.65. The van der Waals surface area contributed by atoms with Crippen LogP contribution in [0.15, 0.2) is 12.1 Å². The molecule has 6 heteroatoms. The molecule has 0 aliphatic carbocycles. The third-order valence-electron chi connectivity index (χ3n) is 3.48. The first-order valence-electron chi connectivity index (χ1n) is 6.20. The van der Waals surface area contributed by atoms with Crippen LogP contribution in [-0.4, -0.2) is 22.8 Å². The molecule has 0 amide bonds. The van der Waals surface area contributed by atoms with Crippen LogP contribution in [0.4, 0.5) is 4.39 Å². The van der Waals surface area contributed by atoms with Gasteiger partial charge in [-0.1, -0.05) is 0 Å². The van der Waals surface area contributed by atoms with E-state index in [-0.39, 0.29) is 5.82 Å². The summed E-state index contributed by atoms with van der Waals surface area (Å²) >= 11 is 7.97. The van der Waals surface area contributed by atoms with Gasteiger partial charge in [-0.05, 0) is 41.5 Å². The van der Waals surface area contributed by atoms with Crippen LogP contribution in [-0.2, 0) is 10.6 Å². The van der Waals surface area contributed by atoms with E-state index in [1.807, 2.05) is 22.6 Å². The van der Waals surface area contributed by atoms with Crippen LogP contribution in [0.5, 0.6) is 0 Å². The molecule has 1 aliphatic heterocycles. The van der Waals surface area contributed by atoms with Gasteiger partial charge in [-0.3, -0.25) is 0 Å². The lowest BCUT2D eigenvalue weighted by Gasteiger charge is -2.25. The van der Waals surface area contributed by atoms with Crippen molar-refractivity contribution in [1.29, 1.82) is 0 Å². The predicted molar refractivity (Wildman–Crippen MR) is 81.1 cm³/mol. The van der Waals surface area contributed by atoms with Crippen LogP contribution in [0.1, 0.15) is 24.7 Å². The molecule has 0 radical (unpaired) electrons. The highest BCUT2D eigenvalue weighted by atomic mass is 127. The summed E-state index contributed by atoms with van der Waals surface area (Å²) < 4.78 is 21.9. The van der Waals surface area contributed by atoms with E-state index in [0.717, 1.165) is 42.9 Å². The van der Waals surface area contributed by atoms with Gasteiger partial charge in [0.25, 0.3) is 0 Å². The lowest BCUT2D eigenvalue weighted by Crippen LogP contribution is -2.21. The molecule has 1 aromatic carbocycles. The highest BCUT2D eigenvalue weighted by molar-refractivity contribution is 14.1. The number of fused-ring (bicyclic) bond motifs is 1. The van der Waals surface area contributed by atoms with Gasteiger partial charge in [0.1, 0.15) is 11.6 Å². The quantitative estimate of drug-likeness (QED) is 0.571. The highest BCUT2D eigenvalue weighted by Gasteiger charge is 2.22. The molecule has 1 aliphatic rings. The molecule has 0 atom stereocenters. The first-order chi connectivity index (χ1) is 9.20. The molecule has 0 N–H and O–H groups in total. The van der Waals surface area contributed by atoms with Crippen molar-refractivity contribution in [3.63, 3.8) is 0 Å². The normalized spacial score (nSPS) is 17.2. The van der Waals surface area contributed by atoms with Crippen molar-refractivity contribution in [3.05, 3.63) is 27.3 Å². The maximum Gasteiger partial charge on any atom is 0.138 e. The lowest BCUT2D eigenvalue weighted by molar-refractivity contribution is 0.0700. The number of rotatable bonds is 2. The van der Waals surface area contributed by atoms with E-state index in [4.69, 9.17) is 16.3 Å². The summed E-state index contributed by atoms with van der Waals surface area (Å²) in [6.07, 6.45) is 1.84. The molecule has 1 saturated heterocycles. The topological polar surface area (TPSA) is 27.1 Å². The van der Waals surface area contributed by atoms with E-state index in [1.165, 1.54) is 0 Å². The van der Waals surface area contributed by atoms with E-state index >= 15 is 0 Å². The minimum Gasteiger partial charge on any atom is -0.381 e. The van der Waals surface area contributed by atoms with Crippen molar-refractivity contribution in [3.8, 4) is 0 Å². The lowest BCUT2D eigenvalue weighted by atomic mass is 10.1. The fourth-order valence-electron chi connectivity index (χ4n) is 2.59. The van der Waals surface area contributed by atoms with Crippen molar-refractivity contribution in [2.75, 3.05) is 13.2 Å². The van der Waals surface area contributed by atoms with Crippen LogP contribution >= 0.6 is 34.2 Å². The van der Waals surface area contributed by atoms with Crippen molar-refractivity contribution >= 4 is 45.2 Å². The maximum atomic E-state index is 13.8. The summed E-state index contributed by atoms with van der Waals surface area (Å²) in [6, 6.07) is 3.64. The largest absolute Gasteiger partial charge is 0.381 e. The summed E-state index contributed by atoms with van der Waals surface area (Å²) in [6.45, 7) is 1.47. The molecule has 2 aromatic rings. The number of hydrogen-bond donors (Lipinski definition) is 0. The Morgan fingerprint density at radius 2 is 2.16 bits per heavy atom. The number of imidazole rings is 1. The Bertz CT molecular complexity index is 610. The third-order valence-corrected chi connectivity index (χ3v) is 4.55. The molecule has 0 saturated carbocycles. The average Bonchev–Trinajstić information content (AvgIpc) is 2.78. The number of aromatic nitrogens is 2. The van der Waals surface area contributed by atoms with Crippen molar-refractivity contribution in [1.82, 2.24) is 9.55 Å². The SMILES string of the molecule is Fc1cc2c(cc1I)nc(CCl)n2C1CCOCC1. The number of alkyl halides is 1. The van der Waals surface area contributed by atoms with Crippen molar-refractivity contribution in [2.45, 2.75) is 24.8 Å². The van der Waals surface area contributed by atoms with Gasteiger partial charge in [0.15, 0.2) is 0 Å². The number of halogens is 3. The number of ether oxygens (including phenoxy) is 1. The predicted octanol–water partition coefficient (Wildman–Crippen LogP) is 3.87. The first kappa shape index (κ1) is 13.6. The molecule has 2 heterocycles. The number of benzene rings is 1. The smallest absolute Gasteiger partial charge is 0.138 e. The summed E-state index contributed by atoms with van der Waals surface area (Å²) in [4.78, 5) is 4.53. The second kappa shape index (κ2) is 5.54. The Kier molecular flexibility index (Phi) is 3.96. The van der Waals surface area contributed by atoms with E-state index in [0.29, 0.717) is 15.5 Å². The summed E-state index contributed by atoms with van der Waals surface area (Å²) in [7, 11) is 0. The first-order valence-corrected chi connectivity index (χ1v) is 7.81. The molecule has 1 aromatic heterocycles. The molecule has 3 nitrogen and oxygen atoms in total. The van der Waals surface area contributed by atoms with E-state index in [9.17, 15) is 4.39 Å².